The van der Waals surface area contributed by atoms with Gasteiger partial charge in [-0.15, -0.1) is 6.58 Å². The van der Waals surface area contributed by atoms with E-state index < -0.39 is 0 Å². The molecule has 0 amide bonds. The molecule has 0 radical (unpaired) electrons. The van der Waals surface area contributed by atoms with Crippen LogP contribution in [-0.2, 0) is 6.54 Å². The number of benzene rings is 2. The second-order valence-corrected chi connectivity index (χ2v) is 6.01. The molecule has 6 heteroatoms. The molecule has 0 saturated carbocycles. The lowest BCUT2D eigenvalue weighted by molar-refractivity contribution is 0.774. The van der Waals surface area contributed by atoms with Crippen molar-refractivity contribution in [2.45, 2.75) is 6.54 Å². The van der Waals surface area contributed by atoms with E-state index in [1.165, 1.54) is 4.57 Å². The van der Waals surface area contributed by atoms with Crippen LogP contribution in [-0.4, -0.2) is 29.9 Å². The van der Waals surface area contributed by atoms with Gasteiger partial charge in [0.25, 0.3) is 5.56 Å². The van der Waals surface area contributed by atoms with Crippen LogP contribution in [0.15, 0.2) is 71.1 Å². The van der Waals surface area contributed by atoms with Crippen LogP contribution in [0.5, 0.6) is 0 Å². The molecular formula is C20H21N5O. The highest BCUT2D eigenvalue weighted by molar-refractivity contribution is 5.81. The van der Waals surface area contributed by atoms with Crippen LogP contribution in [0.4, 0.5) is 11.6 Å². The summed E-state index contributed by atoms with van der Waals surface area (Å²) in [4.78, 5) is 19.2. The SMILES string of the molecule is C=CCn1c(N/N=C/c2ccc(N(C)C)cc2)nc2ccccc2c1=O. The number of hydrogen-bond donors (Lipinski definition) is 1. The standard InChI is InChI=1S/C20H21N5O/c1-4-13-25-19(26)17-7-5-6-8-18(17)22-20(25)23-21-14-15-9-11-16(12-10-15)24(2)3/h4-12,14H,1,13H2,2-3H3,(H,22,23)/b21-14+. The summed E-state index contributed by atoms with van der Waals surface area (Å²) >= 11 is 0. The van der Waals surface area contributed by atoms with Crippen molar-refractivity contribution in [3.05, 3.63) is 77.1 Å². The van der Waals surface area contributed by atoms with Gasteiger partial charge < -0.3 is 4.90 Å². The topological polar surface area (TPSA) is 62.5 Å². The van der Waals surface area contributed by atoms with Crippen molar-refractivity contribution in [2.24, 2.45) is 5.10 Å². The van der Waals surface area contributed by atoms with Gasteiger partial charge in [0.1, 0.15) is 0 Å². The summed E-state index contributed by atoms with van der Waals surface area (Å²) < 4.78 is 1.52. The summed E-state index contributed by atoms with van der Waals surface area (Å²) in [6.45, 7) is 4.06. The second kappa shape index (κ2) is 7.65. The molecule has 132 valence electrons. The van der Waals surface area contributed by atoms with Gasteiger partial charge in [0.05, 0.1) is 17.1 Å². The van der Waals surface area contributed by atoms with Gasteiger partial charge in [-0.1, -0.05) is 30.3 Å². The minimum absolute atomic E-state index is 0.122. The van der Waals surface area contributed by atoms with Gasteiger partial charge in [-0.2, -0.15) is 5.10 Å². The van der Waals surface area contributed by atoms with E-state index in [4.69, 9.17) is 0 Å². The normalized spacial score (nSPS) is 11.0. The molecule has 0 spiro atoms. The fraction of sp³-hybridized carbons (Fsp3) is 0.150. The quantitative estimate of drug-likeness (QED) is 0.423. The van der Waals surface area contributed by atoms with Gasteiger partial charge in [0, 0.05) is 26.3 Å². The fourth-order valence-corrected chi connectivity index (χ4v) is 2.57. The molecule has 3 aromatic rings. The van der Waals surface area contributed by atoms with Crippen LogP contribution in [0.3, 0.4) is 0 Å². The first-order valence-corrected chi connectivity index (χ1v) is 8.27. The molecule has 0 saturated heterocycles. The maximum Gasteiger partial charge on any atom is 0.263 e. The Labute approximate surface area is 152 Å². The lowest BCUT2D eigenvalue weighted by Crippen LogP contribution is -2.23. The first kappa shape index (κ1) is 17.4. The van der Waals surface area contributed by atoms with Crippen molar-refractivity contribution < 1.29 is 0 Å². The first-order chi connectivity index (χ1) is 12.6. The highest BCUT2D eigenvalue weighted by Crippen LogP contribution is 2.12. The lowest BCUT2D eigenvalue weighted by Gasteiger charge is -2.12. The van der Waals surface area contributed by atoms with Gasteiger partial charge in [0.2, 0.25) is 5.95 Å². The number of hydrogen-bond acceptors (Lipinski definition) is 5. The van der Waals surface area contributed by atoms with E-state index in [0.29, 0.717) is 23.4 Å². The third-order valence-corrected chi connectivity index (χ3v) is 3.96. The van der Waals surface area contributed by atoms with Crippen molar-refractivity contribution in [1.29, 1.82) is 0 Å². The summed E-state index contributed by atoms with van der Waals surface area (Å²) in [5, 5.41) is 4.80. The Hall–Kier alpha value is -3.41. The predicted molar refractivity (Wildman–Crippen MR) is 108 cm³/mol. The third kappa shape index (κ3) is 3.64. The molecule has 0 unspecified atom stereocenters. The highest BCUT2D eigenvalue weighted by atomic mass is 16.1. The number of nitrogens with zero attached hydrogens (tertiary/aromatic N) is 4. The van der Waals surface area contributed by atoms with Crippen LogP contribution in [0, 0.1) is 0 Å². The van der Waals surface area contributed by atoms with E-state index >= 15 is 0 Å². The Balaban J connectivity index is 1.89. The fourth-order valence-electron chi connectivity index (χ4n) is 2.57. The molecule has 6 nitrogen and oxygen atoms in total. The Bertz CT molecular complexity index is 1000. The van der Waals surface area contributed by atoms with Crippen LogP contribution < -0.4 is 15.9 Å². The number of nitrogens with one attached hydrogen (secondary N) is 1. The number of allylic oxidation sites excluding steroid dienone is 1. The molecule has 0 fully saturated rings. The monoisotopic (exact) mass is 347 g/mol. The molecule has 3 rings (SSSR count). The maximum absolute atomic E-state index is 12.7. The van der Waals surface area contributed by atoms with Gasteiger partial charge >= 0.3 is 0 Å². The molecular weight excluding hydrogens is 326 g/mol. The summed E-state index contributed by atoms with van der Waals surface area (Å²) in [6, 6.07) is 15.2. The summed E-state index contributed by atoms with van der Waals surface area (Å²) in [5.41, 5.74) is 5.45. The van der Waals surface area contributed by atoms with Gasteiger partial charge in [-0.3, -0.25) is 9.36 Å². The van der Waals surface area contributed by atoms with Crippen LogP contribution in [0.2, 0.25) is 0 Å². The molecule has 1 heterocycles. The maximum atomic E-state index is 12.7. The zero-order chi connectivity index (χ0) is 18.5. The van der Waals surface area contributed by atoms with E-state index in [2.05, 4.69) is 22.1 Å². The van der Waals surface area contributed by atoms with Crippen LogP contribution >= 0.6 is 0 Å². The number of anilines is 2. The number of para-hydroxylation sites is 1. The van der Waals surface area contributed by atoms with E-state index in [-0.39, 0.29) is 5.56 Å². The first-order valence-electron chi connectivity index (χ1n) is 8.27. The molecule has 1 N–H and O–H groups in total. The smallest absolute Gasteiger partial charge is 0.263 e. The Morgan fingerprint density at radius 3 is 2.62 bits per heavy atom. The van der Waals surface area contributed by atoms with Crippen molar-refractivity contribution in [2.75, 3.05) is 24.4 Å². The van der Waals surface area contributed by atoms with Gasteiger partial charge in [-0.05, 0) is 29.8 Å². The highest BCUT2D eigenvalue weighted by Gasteiger charge is 2.09. The average Bonchev–Trinajstić information content (AvgIpc) is 2.65. The molecule has 0 aliphatic rings. The Morgan fingerprint density at radius 2 is 1.92 bits per heavy atom. The largest absolute Gasteiger partial charge is 0.378 e. The number of aromatic nitrogens is 2. The predicted octanol–water partition coefficient (Wildman–Crippen LogP) is 3.09. The zero-order valence-electron chi connectivity index (χ0n) is 14.9. The number of fused-ring (bicyclic) bond motifs is 1. The van der Waals surface area contributed by atoms with Crippen LogP contribution in [0.25, 0.3) is 10.9 Å². The summed E-state index contributed by atoms with van der Waals surface area (Å²) in [6.07, 6.45) is 3.35. The third-order valence-electron chi connectivity index (χ3n) is 3.96. The minimum atomic E-state index is -0.122. The molecule has 0 aliphatic heterocycles. The summed E-state index contributed by atoms with van der Waals surface area (Å²) in [5.74, 6) is 0.384. The molecule has 0 aliphatic carbocycles. The Morgan fingerprint density at radius 1 is 1.19 bits per heavy atom. The molecule has 2 aromatic carbocycles. The van der Waals surface area contributed by atoms with Crippen molar-refractivity contribution in [1.82, 2.24) is 9.55 Å². The van der Waals surface area contributed by atoms with Gasteiger partial charge in [-0.25, -0.2) is 10.4 Å². The van der Waals surface area contributed by atoms with Gasteiger partial charge in [0.15, 0.2) is 0 Å². The van der Waals surface area contributed by atoms with Crippen molar-refractivity contribution >= 4 is 28.8 Å². The van der Waals surface area contributed by atoms with Crippen molar-refractivity contribution in [3.8, 4) is 0 Å². The van der Waals surface area contributed by atoms with Crippen LogP contribution in [0.1, 0.15) is 5.56 Å². The molecule has 0 bridgehead atoms. The lowest BCUT2D eigenvalue weighted by atomic mass is 10.2. The number of rotatable bonds is 6. The van der Waals surface area contributed by atoms with Crippen molar-refractivity contribution in [3.63, 3.8) is 0 Å². The summed E-state index contributed by atoms with van der Waals surface area (Å²) in [7, 11) is 3.99. The molecule has 1 aromatic heterocycles. The van der Waals surface area contributed by atoms with E-state index in [0.717, 1.165) is 11.3 Å². The average molecular weight is 347 g/mol. The number of hydrazone groups is 1. The molecule has 0 atom stereocenters. The second-order valence-electron chi connectivity index (χ2n) is 6.01. The molecule has 26 heavy (non-hydrogen) atoms. The van der Waals surface area contributed by atoms with E-state index in [9.17, 15) is 4.79 Å². The Kier molecular flexibility index (Phi) is 5.12. The van der Waals surface area contributed by atoms with E-state index in [1.54, 1.807) is 18.4 Å². The zero-order valence-corrected chi connectivity index (χ0v) is 14.9. The minimum Gasteiger partial charge on any atom is -0.378 e. The van der Waals surface area contributed by atoms with E-state index in [1.807, 2.05) is 61.5 Å².